The van der Waals surface area contributed by atoms with Gasteiger partial charge in [0.2, 0.25) is 0 Å². The molecule has 2 unspecified atom stereocenters. The lowest BCUT2D eigenvalue weighted by Crippen LogP contribution is -2.20. The van der Waals surface area contributed by atoms with Crippen LogP contribution in [0.25, 0.3) is 0 Å². The Labute approximate surface area is 115 Å². The Kier molecular flexibility index (Phi) is 5.72. The summed E-state index contributed by atoms with van der Waals surface area (Å²) in [4.78, 5) is 0.576. The van der Waals surface area contributed by atoms with Crippen LogP contribution in [-0.2, 0) is 6.42 Å². The molecule has 0 aliphatic carbocycles. The van der Waals surface area contributed by atoms with E-state index in [0.717, 1.165) is 0 Å². The van der Waals surface area contributed by atoms with E-state index in [-0.39, 0.29) is 0 Å². The van der Waals surface area contributed by atoms with E-state index in [4.69, 9.17) is 0 Å². The SMILES string of the molecule is CC(C)c1ccc(CC(C(C)C)C(C)Br)cc1. The standard InChI is InChI=1S/C16H25Br/c1-11(2)15-8-6-14(7-9-15)10-16(12(3)4)13(5)17/h6-9,11-13,16H,10H2,1-5H3. The molecule has 1 rings (SSSR count). The van der Waals surface area contributed by atoms with Crippen molar-refractivity contribution in [3.05, 3.63) is 35.4 Å². The number of hydrogen-bond acceptors (Lipinski definition) is 0. The van der Waals surface area contributed by atoms with Crippen LogP contribution < -0.4 is 0 Å². The molecule has 0 spiro atoms. The molecule has 0 aliphatic heterocycles. The summed E-state index contributed by atoms with van der Waals surface area (Å²) in [6, 6.07) is 9.13. The molecule has 1 heteroatoms. The van der Waals surface area contributed by atoms with Gasteiger partial charge in [0.15, 0.2) is 0 Å². The predicted molar refractivity (Wildman–Crippen MR) is 81.0 cm³/mol. The van der Waals surface area contributed by atoms with Gasteiger partial charge in [0.1, 0.15) is 0 Å². The van der Waals surface area contributed by atoms with Crippen LogP contribution in [0.5, 0.6) is 0 Å². The minimum atomic E-state index is 0.576. The molecule has 0 saturated carbocycles. The molecule has 96 valence electrons. The van der Waals surface area contributed by atoms with Gasteiger partial charge in [-0.3, -0.25) is 0 Å². The van der Waals surface area contributed by atoms with Crippen LogP contribution in [0, 0.1) is 11.8 Å². The largest absolute Gasteiger partial charge is 0.0890 e. The number of halogens is 1. The number of hydrogen-bond donors (Lipinski definition) is 0. The van der Waals surface area contributed by atoms with Gasteiger partial charge in [-0.05, 0) is 35.3 Å². The second kappa shape index (κ2) is 6.58. The van der Waals surface area contributed by atoms with Crippen LogP contribution in [0.1, 0.15) is 51.7 Å². The smallest absolute Gasteiger partial charge is 0.0151 e. The first-order valence-electron chi connectivity index (χ1n) is 6.64. The summed E-state index contributed by atoms with van der Waals surface area (Å²) in [7, 11) is 0. The molecular formula is C16H25Br. The fourth-order valence-electron chi connectivity index (χ4n) is 2.24. The van der Waals surface area contributed by atoms with Crippen LogP contribution >= 0.6 is 15.9 Å². The lowest BCUT2D eigenvalue weighted by Gasteiger charge is -2.23. The minimum Gasteiger partial charge on any atom is -0.0890 e. The van der Waals surface area contributed by atoms with E-state index >= 15 is 0 Å². The third kappa shape index (κ3) is 4.46. The van der Waals surface area contributed by atoms with Gasteiger partial charge in [-0.25, -0.2) is 0 Å². The van der Waals surface area contributed by atoms with E-state index in [0.29, 0.717) is 22.6 Å². The molecule has 0 N–H and O–H groups in total. The molecule has 0 saturated heterocycles. The highest BCUT2D eigenvalue weighted by Gasteiger charge is 2.18. The van der Waals surface area contributed by atoms with Gasteiger partial charge in [0.25, 0.3) is 0 Å². The maximum absolute atomic E-state index is 3.74. The van der Waals surface area contributed by atoms with Crippen LogP contribution in [0.3, 0.4) is 0 Å². The highest BCUT2D eigenvalue weighted by Crippen LogP contribution is 2.26. The summed E-state index contributed by atoms with van der Waals surface area (Å²) in [6.07, 6.45) is 1.17. The number of rotatable bonds is 5. The molecule has 1 aromatic rings. The van der Waals surface area contributed by atoms with Gasteiger partial charge in [0, 0.05) is 4.83 Å². The Hall–Kier alpha value is -0.300. The highest BCUT2D eigenvalue weighted by atomic mass is 79.9. The molecule has 0 fully saturated rings. The van der Waals surface area contributed by atoms with Gasteiger partial charge in [-0.2, -0.15) is 0 Å². The average Bonchev–Trinajstić information content (AvgIpc) is 2.25. The molecule has 0 radical (unpaired) electrons. The first-order chi connectivity index (χ1) is 7.91. The van der Waals surface area contributed by atoms with Crippen molar-refractivity contribution < 1.29 is 0 Å². The van der Waals surface area contributed by atoms with Crippen LogP contribution in [0.15, 0.2) is 24.3 Å². The molecule has 0 aromatic heterocycles. The Bertz CT molecular complexity index is 314. The summed E-state index contributed by atoms with van der Waals surface area (Å²) in [6.45, 7) is 11.4. The van der Waals surface area contributed by atoms with Crippen molar-refractivity contribution in [2.75, 3.05) is 0 Å². The molecular weight excluding hydrogens is 272 g/mol. The third-order valence-corrected chi connectivity index (χ3v) is 4.24. The topological polar surface area (TPSA) is 0 Å². The van der Waals surface area contributed by atoms with E-state index in [9.17, 15) is 0 Å². The van der Waals surface area contributed by atoms with Crippen molar-refractivity contribution in [1.82, 2.24) is 0 Å². The molecule has 0 nitrogen and oxygen atoms in total. The molecule has 2 atom stereocenters. The highest BCUT2D eigenvalue weighted by molar-refractivity contribution is 9.09. The summed E-state index contributed by atoms with van der Waals surface area (Å²) in [5.74, 6) is 2.05. The average molecular weight is 297 g/mol. The zero-order valence-corrected chi connectivity index (χ0v) is 13.3. The summed E-state index contributed by atoms with van der Waals surface area (Å²) in [5.41, 5.74) is 2.89. The van der Waals surface area contributed by atoms with Gasteiger partial charge in [0.05, 0.1) is 0 Å². The fraction of sp³-hybridized carbons (Fsp3) is 0.625. The molecule has 0 aliphatic rings. The molecule has 0 heterocycles. The van der Waals surface area contributed by atoms with E-state index < -0.39 is 0 Å². The molecule has 1 aromatic carbocycles. The first kappa shape index (κ1) is 14.8. The zero-order chi connectivity index (χ0) is 13.0. The van der Waals surface area contributed by atoms with Crippen LogP contribution in [0.2, 0.25) is 0 Å². The minimum absolute atomic E-state index is 0.576. The van der Waals surface area contributed by atoms with Crippen molar-refractivity contribution in [3.63, 3.8) is 0 Å². The maximum Gasteiger partial charge on any atom is 0.0151 e. The molecule has 0 bridgehead atoms. The van der Waals surface area contributed by atoms with Crippen molar-refractivity contribution in [3.8, 4) is 0 Å². The molecule has 0 amide bonds. The lowest BCUT2D eigenvalue weighted by molar-refractivity contribution is 0.384. The van der Waals surface area contributed by atoms with Crippen LogP contribution in [-0.4, -0.2) is 4.83 Å². The number of benzene rings is 1. The van der Waals surface area contributed by atoms with Gasteiger partial charge < -0.3 is 0 Å². The van der Waals surface area contributed by atoms with Crippen molar-refractivity contribution in [2.24, 2.45) is 11.8 Å². The third-order valence-electron chi connectivity index (χ3n) is 3.56. The van der Waals surface area contributed by atoms with Crippen LogP contribution in [0.4, 0.5) is 0 Å². The monoisotopic (exact) mass is 296 g/mol. The molecule has 17 heavy (non-hydrogen) atoms. The zero-order valence-electron chi connectivity index (χ0n) is 11.7. The second-order valence-corrected chi connectivity index (χ2v) is 7.13. The Balaban J connectivity index is 2.73. The lowest BCUT2D eigenvalue weighted by atomic mass is 9.86. The van der Waals surface area contributed by atoms with E-state index in [1.165, 1.54) is 17.5 Å². The normalized spacial score (nSPS) is 15.3. The second-order valence-electron chi connectivity index (χ2n) is 5.69. The van der Waals surface area contributed by atoms with Crippen molar-refractivity contribution in [2.45, 2.75) is 51.8 Å². The van der Waals surface area contributed by atoms with E-state index in [1.807, 2.05) is 0 Å². The van der Waals surface area contributed by atoms with E-state index in [2.05, 4.69) is 74.8 Å². The van der Waals surface area contributed by atoms with Gasteiger partial charge in [-0.1, -0.05) is 74.8 Å². The quantitative estimate of drug-likeness (QED) is 0.638. The Morgan fingerprint density at radius 3 is 1.82 bits per heavy atom. The van der Waals surface area contributed by atoms with Gasteiger partial charge in [-0.15, -0.1) is 0 Å². The summed E-state index contributed by atoms with van der Waals surface area (Å²) < 4.78 is 0. The van der Waals surface area contributed by atoms with E-state index in [1.54, 1.807) is 0 Å². The summed E-state index contributed by atoms with van der Waals surface area (Å²) >= 11 is 3.74. The number of alkyl halides is 1. The first-order valence-corrected chi connectivity index (χ1v) is 7.56. The Morgan fingerprint density at radius 2 is 1.47 bits per heavy atom. The fourth-order valence-corrected chi connectivity index (χ4v) is 3.04. The predicted octanol–water partition coefficient (Wildman–Crippen LogP) is 5.41. The summed E-state index contributed by atoms with van der Waals surface area (Å²) in [5, 5.41) is 0. The van der Waals surface area contributed by atoms with Crippen molar-refractivity contribution >= 4 is 15.9 Å². The van der Waals surface area contributed by atoms with Crippen molar-refractivity contribution in [1.29, 1.82) is 0 Å². The van der Waals surface area contributed by atoms with Gasteiger partial charge >= 0.3 is 0 Å². The Morgan fingerprint density at radius 1 is 0.941 bits per heavy atom. The maximum atomic E-state index is 3.74.